The summed E-state index contributed by atoms with van der Waals surface area (Å²) in [5, 5.41) is 2.99. The summed E-state index contributed by atoms with van der Waals surface area (Å²) in [4.78, 5) is 1.62. The van der Waals surface area contributed by atoms with Crippen LogP contribution >= 0.6 is 11.6 Å². The number of aromatic nitrogens is 1. The standard InChI is InChI=1S/C43H26ClNOS/c44-28-23-24-31-35(25-28)43(27-13-3-1-4-14-27)34-19-9-12-22-39(34)47(46)38-21-11-8-17-30(38)33-26-36(43)41(31)42-40(33)32-18-7-10-20-37(32)45(42)29-15-5-2-6-16-29/h1-26H. The third-order valence-corrected chi connectivity index (χ3v) is 11.8. The van der Waals surface area contributed by atoms with Gasteiger partial charge in [0.1, 0.15) is 0 Å². The van der Waals surface area contributed by atoms with E-state index in [1.54, 1.807) is 0 Å². The number of benzene rings is 7. The lowest BCUT2D eigenvalue weighted by Gasteiger charge is -2.35. The maximum atomic E-state index is 15.1. The molecule has 2 bridgehead atoms. The SMILES string of the molecule is O=S1c2ccccc2-c2cc3c(c4c2c2ccccc2n4-c2ccccc2)-c2ccc(Cl)cc2C3(c2ccccc2)c2ccccc21. The van der Waals surface area contributed by atoms with Crippen LogP contribution in [-0.4, -0.2) is 8.78 Å². The van der Waals surface area contributed by atoms with E-state index < -0.39 is 16.2 Å². The predicted octanol–water partition coefficient (Wildman–Crippen LogP) is 10.9. The van der Waals surface area contributed by atoms with Gasteiger partial charge in [-0.15, -0.1) is 0 Å². The number of hydrogen-bond acceptors (Lipinski definition) is 1. The smallest absolute Gasteiger partial charge is 0.0859 e. The lowest BCUT2D eigenvalue weighted by Crippen LogP contribution is -2.30. The largest absolute Gasteiger partial charge is 0.309 e. The van der Waals surface area contributed by atoms with Gasteiger partial charge in [-0.25, -0.2) is 4.21 Å². The van der Waals surface area contributed by atoms with Gasteiger partial charge in [-0.05, 0) is 87.5 Å². The van der Waals surface area contributed by atoms with Crippen LogP contribution in [0.15, 0.2) is 168 Å². The first kappa shape index (κ1) is 26.9. The molecule has 10 rings (SSSR count). The lowest BCUT2D eigenvalue weighted by atomic mass is 9.67. The van der Waals surface area contributed by atoms with E-state index >= 15 is 4.21 Å². The van der Waals surface area contributed by atoms with E-state index in [4.69, 9.17) is 11.6 Å². The fourth-order valence-electron chi connectivity index (χ4n) is 8.33. The minimum absolute atomic E-state index is 0.675. The van der Waals surface area contributed by atoms with Crippen molar-refractivity contribution in [3.63, 3.8) is 0 Å². The number of rotatable bonds is 2. The van der Waals surface area contributed by atoms with Crippen molar-refractivity contribution in [3.8, 4) is 27.9 Å². The van der Waals surface area contributed by atoms with E-state index in [1.807, 2.05) is 30.3 Å². The molecule has 1 aliphatic heterocycles. The highest BCUT2D eigenvalue weighted by Gasteiger charge is 2.50. The van der Waals surface area contributed by atoms with Crippen molar-refractivity contribution in [2.24, 2.45) is 0 Å². The van der Waals surface area contributed by atoms with Crippen molar-refractivity contribution in [1.82, 2.24) is 4.57 Å². The molecule has 2 aliphatic rings. The molecule has 2 unspecified atom stereocenters. The molecule has 0 N–H and O–H groups in total. The van der Waals surface area contributed by atoms with Gasteiger partial charge in [0.25, 0.3) is 0 Å². The van der Waals surface area contributed by atoms with Crippen LogP contribution in [0.4, 0.5) is 0 Å². The molecule has 0 radical (unpaired) electrons. The molecule has 0 spiro atoms. The molecule has 2 heterocycles. The lowest BCUT2D eigenvalue weighted by molar-refractivity contribution is 0.678. The molecule has 1 aromatic heterocycles. The molecule has 1 aliphatic carbocycles. The van der Waals surface area contributed by atoms with Crippen LogP contribution in [0, 0.1) is 0 Å². The normalized spacial score (nSPS) is 17.4. The molecular formula is C43H26ClNOS. The summed E-state index contributed by atoms with van der Waals surface area (Å²) >= 11 is 6.93. The van der Waals surface area contributed by atoms with Gasteiger partial charge in [0, 0.05) is 31.9 Å². The van der Waals surface area contributed by atoms with Crippen LogP contribution in [-0.2, 0) is 16.2 Å². The van der Waals surface area contributed by atoms with Crippen LogP contribution < -0.4 is 0 Å². The second-order valence-corrected chi connectivity index (χ2v) is 14.2. The van der Waals surface area contributed by atoms with Gasteiger partial charge in [-0.3, -0.25) is 0 Å². The van der Waals surface area contributed by atoms with E-state index in [1.165, 1.54) is 11.1 Å². The zero-order chi connectivity index (χ0) is 31.3. The number of hydrogen-bond donors (Lipinski definition) is 0. The quantitative estimate of drug-likeness (QED) is 0.184. The summed E-state index contributed by atoms with van der Waals surface area (Å²) in [5.41, 5.74) is 11.4. The summed E-state index contributed by atoms with van der Waals surface area (Å²) in [6.45, 7) is 0. The Balaban J connectivity index is 1.56. The van der Waals surface area contributed by atoms with Gasteiger partial charge in [-0.2, -0.15) is 0 Å². The van der Waals surface area contributed by atoms with Crippen LogP contribution in [0.5, 0.6) is 0 Å². The first-order chi connectivity index (χ1) is 23.2. The second kappa shape index (κ2) is 9.89. The Morgan fingerprint density at radius 2 is 1.23 bits per heavy atom. The average molecular weight is 640 g/mol. The molecule has 0 saturated carbocycles. The fraction of sp³-hybridized carbons (Fsp3) is 0.0233. The number of halogens is 1. The number of nitrogens with zero attached hydrogens (tertiary/aromatic N) is 1. The van der Waals surface area contributed by atoms with Crippen molar-refractivity contribution in [1.29, 1.82) is 0 Å². The van der Waals surface area contributed by atoms with Gasteiger partial charge in [0.2, 0.25) is 0 Å². The minimum Gasteiger partial charge on any atom is -0.309 e. The molecular weight excluding hydrogens is 614 g/mol. The third-order valence-electron chi connectivity index (χ3n) is 10.1. The van der Waals surface area contributed by atoms with E-state index in [9.17, 15) is 0 Å². The van der Waals surface area contributed by atoms with Gasteiger partial charge >= 0.3 is 0 Å². The van der Waals surface area contributed by atoms with Crippen molar-refractivity contribution in [3.05, 3.63) is 185 Å². The Kier molecular flexibility index (Phi) is 5.67. The van der Waals surface area contributed by atoms with Crippen LogP contribution in [0.1, 0.15) is 22.3 Å². The second-order valence-electron chi connectivity index (χ2n) is 12.3. The zero-order valence-corrected chi connectivity index (χ0v) is 26.7. The van der Waals surface area contributed by atoms with Gasteiger partial charge in [-0.1, -0.05) is 121 Å². The number of fused-ring (bicyclic) bond motifs is 13. The summed E-state index contributed by atoms with van der Waals surface area (Å²) in [6, 6.07) is 55.3. The Morgan fingerprint density at radius 3 is 2.06 bits per heavy atom. The molecule has 0 amide bonds. The van der Waals surface area contributed by atoms with Crippen LogP contribution in [0.25, 0.3) is 49.7 Å². The monoisotopic (exact) mass is 639 g/mol. The van der Waals surface area contributed by atoms with Gasteiger partial charge in [0.15, 0.2) is 0 Å². The highest BCUT2D eigenvalue weighted by atomic mass is 35.5. The summed E-state index contributed by atoms with van der Waals surface area (Å²) < 4.78 is 17.5. The summed E-state index contributed by atoms with van der Waals surface area (Å²) in [7, 11) is -1.47. The van der Waals surface area contributed by atoms with Crippen LogP contribution in [0.3, 0.4) is 0 Å². The van der Waals surface area contributed by atoms with Crippen molar-refractivity contribution < 1.29 is 4.21 Å². The molecule has 2 atom stereocenters. The van der Waals surface area contributed by atoms with Crippen molar-refractivity contribution in [2.75, 3.05) is 0 Å². The molecule has 8 aromatic rings. The Labute approximate surface area is 280 Å². The van der Waals surface area contributed by atoms with E-state index in [0.717, 1.165) is 70.7 Å². The fourth-order valence-corrected chi connectivity index (χ4v) is 9.95. The third kappa shape index (κ3) is 3.48. The van der Waals surface area contributed by atoms with Crippen molar-refractivity contribution >= 4 is 44.2 Å². The van der Waals surface area contributed by atoms with Crippen molar-refractivity contribution in [2.45, 2.75) is 15.2 Å². The highest BCUT2D eigenvalue weighted by Crippen LogP contribution is 2.62. The minimum atomic E-state index is -1.47. The first-order valence-electron chi connectivity index (χ1n) is 15.8. The maximum absolute atomic E-state index is 15.1. The zero-order valence-electron chi connectivity index (χ0n) is 25.2. The van der Waals surface area contributed by atoms with E-state index in [2.05, 4.69) is 132 Å². The Bertz CT molecular complexity index is 2610. The number of para-hydroxylation sites is 2. The van der Waals surface area contributed by atoms with E-state index in [-0.39, 0.29) is 0 Å². The molecule has 222 valence electrons. The molecule has 2 nitrogen and oxygen atoms in total. The molecule has 0 fully saturated rings. The summed E-state index contributed by atoms with van der Waals surface area (Å²) in [6.07, 6.45) is 0. The predicted molar refractivity (Wildman–Crippen MR) is 193 cm³/mol. The van der Waals surface area contributed by atoms with Crippen LogP contribution in [0.2, 0.25) is 5.02 Å². The van der Waals surface area contributed by atoms with Gasteiger partial charge in [0.05, 0.1) is 32.1 Å². The maximum Gasteiger partial charge on any atom is 0.0859 e. The van der Waals surface area contributed by atoms with E-state index in [0.29, 0.717) is 5.02 Å². The molecule has 4 heteroatoms. The average Bonchev–Trinajstić information content (AvgIpc) is 3.62. The molecule has 47 heavy (non-hydrogen) atoms. The summed E-state index contributed by atoms with van der Waals surface area (Å²) in [5.74, 6) is 0. The van der Waals surface area contributed by atoms with Gasteiger partial charge < -0.3 is 4.57 Å². The highest BCUT2D eigenvalue weighted by molar-refractivity contribution is 7.85. The Morgan fingerprint density at radius 1 is 0.553 bits per heavy atom. The first-order valence-corrected chi connectivity index (χ1v) is 17.3. The molecule has 7 aromatic carbocycles. The topological polar surface area (TPSA) is 22.0 Å². The molecule has 0 saturated heterocycles. The Hall–Kier alpha value is -5.22.